The Morgan fingerprint density at radius 1 is 0.846 bits per heavy atom. The zero-order valence-electron chi connectivity index (χ0n) is 14.9. The third-order valence-corrected chi connectivity index (χ3v) is 4.27. The SMILES string of the molecule is COc1ccc(-c2nccn2-c2cc(OC)c(OC)c(OC)c2)cc1Cl. The highest BCUT2D eigenvalue weighted by Crippen LogP contribution is 2.40. The largest absolute Gasteiger partial charge is 0.495 e. The number of hydrogen-bond acceptors (Lipinski definition) is 5. The van der Waals surface area contributed by atoms with Gasteiger partial charge in [-0.25, -0.2) is 4.98 Å². The lowest BCUT2D eigenvalue weighted by Gasteiger charge is -2.16. The Bertz CT molecular complexity index is 899. The van der Waals surface area contributed by atoms with Crippen molar-refractivity contribution in [2.24, 2.45) is 0 Å². The van der Waals surface area contributed by atoms with E-state index in [9.17, 15) is 0 Å². The van der Waals surface area contributed by atoms with Crippen LogP contribution in [0.1, 0.15) is 0 Å². The third kappa shape index (κ3) is 3.15. The van der Waals surface area contributed by atoms with Gasteiger partial charge < -0.3 is 18.9 Å². The first-order chi connectivity index (χ1) is 12.6. The van der Waals surface area contributed by atoms with Crippen molar-refractivity contribution in [3.05, 3.63) is 47.7 Å². The van der Waals surface area contributed by atoms with E-state index in [-0.39, 0.29) is 0 Å². The van der Waals surface area contributed by atoms with Gasteiger partial charge >= 0.3 is 0 Å². The van der Waals surface area contributed by atoms with Crippen LogP contribution in [0.15, 0.2) is 42.7 Å². The number of rotatable bonds is 6. The zero-order valence-corrected chi connectivity index (χ0v) is 15.7. The quantitative estimate of drug-likeness (QED) is 0.646. The van der Waals surface area contributed by atoms with E-state index < -0.39 is 0 Å². The molecule has 6 nitrogen and oxygen atoms in total. The normalized spacial score (nSPS) is 10.5. The second kappa shape index (κ2) is 7.58. The van der Waals surface area contributed by atoms with Crippen molar-refractivity contribution in [2.45, 2.75) is 0 Å². The lowest BCUT2D eigenvalue weighted by Crippen LogP contribution is -2.01. The number of hydrogen-bond donors (Lipinski definition) is 0. The van der Waals surface area contributed by atoms with Gasteiger partial charge in [0.1, 0.15) is 11.6 Å². The number of ether oxygens (including phenoxy) is 4. The Hall–Kier alpha value is -2.86. The number of benzene rings is 2. The molecule has 0 aliphatic heterocycles. The van der Waals surface area contributed by atoms with E-state index in [0.717, 1.165) is 17.1 Å². The Kier molecular flexibility index (Phi) is 5.23. The summed E-state index contributed by atoms with van der Waals surface area (Å²) in [6.07, 6.45) is 3.57. The summed E-state index contributed by atoms with van der Waals surface area (Å²) < 4.78 is 23.4. The molecule has 0 radical (unpaired) electrons. The molecule has 0 amide bonds. The molecule has 2 aromatic carbocycles. The Labute approximate surface area is 156 Å². The van der Waals surface area contributed by atoms with Crippen molar-refractivity contribution < 1.29 is 18.9 Å². The lowest BCUT2D eigenvalue weighted by molar-refractivity contribution is 0.324. The molecule has 7 heteroatoms. The highest BCUT2D eigenvalue weighted by Gasteiger charge is 2.16. The summed E-state index contributed by atoms with van der Waals surface area (Å²) in [4.78, 5) is 4.46. The smallest absolute Gasteiger partial charge is 0.203 e. The van der Waals surface area contributed by atoms with Gasteiger partial charge in [-0.15, -0.1) is 0 Å². The topological polar surface area (TPSA) is 54.7 Å². The predicted octanol–water partition coefficient (Wildman–Crippen LogP) is 4.23. The number of imidazole rings is 1. The Morgan fingerprint density at radius 2 is 1.50 bits per heavy atom. The average Bonchev–Trinajstić information content (AvgIpc) is 3.16. The van der Waals surface area contributed by atoms with Crippen LogP contribution in [0.2, 0.25) is 5.02 Å². The first kappa shape index (κ1) is 17.9. The van der Waals surface area contributed by atoms with E-state index >= 15 is 0 Å². The molecule has 0 N–H and O–H groups in total. The molecule has 26 heavy (non-hydrogen) atoms. The van der Waals surface area contributed by atoms with Crippen molar-refractivity contribution in [1.82, 2.24) is 9.55 Å². The molecule has 136 valence electrons. The van der Waals surface area contributed by atoms with Crippen molar-refractivity contribution in [2.75, 3.05) is 28.4 Å². The van der Waals surface area contributed by atoms with Crippen molar-refractivity contribution in [3.63, 3.8) is 0 Å². The molecule has 3 aromatic rings. The van der Waals surface area contributed by atoms with Crippen LogP contribution < -0.4 is 18.9 Å². The van der Waals surface area contributed by atoms with E-state index in [2.05, 4.69) is 4.98 Å². The van der Waals surface area contributed by atoms with Gasteiger partial charge in [0.25, 0.3) is 0 Å². The first-order valence-corrected chi connectivity index (χ1v) is 8.18. The van der Waals surface area contributed by atoms with Crippen molar-refractivity contribution >= 4 is 11.6 Å². The van der Waals surface area contributed by atoms with Crippen LogP contribution in [0.3, 0.4) is 0 Å². The molecule has 0 bridgehead atoms. The van der Waals surface area contributed by atoms with Crippen molar-refractivity contribution in [1.29, 1.82) is 0 Å². The predicted molar refractivity (Wildman–Crippen MR) is 100 cm³/mol. The average molecular weight is 375 g/mol. The number of aromatic nitrogens is 2. The van der Waals surface area contributed by atoms with Gasteiger partial charge in [0, 0.05) is 30.1 Å². The zero-order chi connectivity index (χ0) is 18.7. The Balaban J connectivity index is 2.13. The standard InChI is InChI=1S/C19H19ClN2O4/c1-23-15-6-5-12(9-14(15)20)19-21-7-8-22(19)13-10-16(24-2)18(26-4)17(11-13)25-3/h5-11H,1-4H3. The molecule has 0 atom stereocenters. The monoisotopic (exact) mass is 374 g/mol. The summed E-state index contributed by atoms with van der Waals surface area (Å²) in [7, 11) is 6.32. The molecule has 0 aliphatic rings. The molecule has 0 saturated carbocycles. The van der Waals surface area contributed by atoms with Gasteiger partial charge in [-0.1, -0.05) is 11.6 Å². The van der Waals surface area contributed by atoms with Gasteiger partial charge in [-0.2, -0.15) is 0 Å². The molecule has 1 heterocycles. The van der Waals surface area contributed by atoms with Gasteiger partial charge in [-0.3, -0.25) is 4.57 Å². The minimum Gasteiger partial charge on any atom is -0.495 e. The summed E-state index contributed by atoms with van der Waals surface area (Å²) in [5, 5.41) is 0.518. The molecule has 0 saturated heterocycles. The fourth-order valence-electron chi connectivity index (χ4n) is 2.74. The second-order valence-corrected chi connectivity index (χ2v) is 5.76. The molecular formula is C19H19ClN2O4. The first-order valence-electron chi connectivity index (χ1n) is 7.80. The van der Waals surface area contributed by atoms with Crippen LogP contribution in [0.4, 0.5) is 0 Å². The van der Waals surface area contributed by atoms with Crippen LogP contribution in [0.25, 0.3) is 17.1 Å². The minimum atomic E-state index is 0.518. The molecule has 0 spiro atoms. The van der Waals surface area contributed by atoms with Gasteiger partial charge in [0.15, 0.2) is 11.5 Å². The van der Waals surface area contributed by atoms with Crippen LogP contribution in [-0.2, 0) is 0 Å². The number of halogens is 1. The maximum Gasteiger partial charge on any atom is 0.203 e. The molecule has 0 unspecified atom stereocenters. The summed E-state index contributed by atoms with van der Waals surface area (Å²) >= 11 is 6.26. The maximum absolute atomic E-state index is 6.26. The summed E-state index contributed by atoms with van der Waals surface area (Å²) in [5.41, 5.74) is 1.67. The van der Waals surface area contributed by atoms with E-state index in [1.165, 1.54) is 0 Å². The third-order valence-electron chi connectivity index (χ3n) is 3.98. The number of methoxy groups -OCH3 is 4. The van der Waals surface area contributed by atoms with Gasteiger partial charge in [0.05, 0.1) is 39.1 Å². The summed E-state index contributed by atoms with van der Waals surface area (Å²) in [6.45, 7) is 0. The lowest BCUT2D eigenvalue weighted by atomic mass is 10.2. The molecular weight excluding hydrogens is 356 g/mol. The summed E-state index contributed by atoms with van der Waals surface area (Å²) in [5.74, 6) is 3.00. The Morgan fingerprint density at radius 3 is 2.04 bits per heavy atom. The van der Waals surface area contributed by atoms with E-state index in [1.807, 2.05) is 41.1 Å². The highest BCUT2D eigenvalue weighted by atomic mass is 35.5. The molecule has 0 fully saturated rings. The fourth-order valence-corrected chi connectivity index (χ4v) is 2.99. The van der Waals surface area contributed by atoms with E-state index in [0.29, 0.717) is 28.0 Å². The van der Waals surface area contributed by atoms with Crippen LogP contribution in [0.5, 0.6) is 23.0 Å². The minimum absolute atomic E-state index is 0.518. The highest BCUT2D eigenvalue weighted by molar-refractivity contribution is 6.32. The van der Waals surface area contributed by atoms with Gasteiger partial charge in [-0.05, 0) is 18.2 Å². The van der Waals surface area contributed by atoms with Crippen LogP contribution in [0, 0.1) is 0 Å². The van der Waals surface area contributed by atoms with E-state index in [4.69, 9.17) is 30.5 Å². The molecule has 3 rings (SSSR count). The summed E-state index contributed by atoms with van der Waals surface area (Å²) in [6, 6.07) is 9.25. The van der Waals surface area contributed by atoms with Crippen LogP contribution in [-0.4, -0.2) is 38.0 Å². The maximum atomic E-state index is 6.26. The van der Waals surface area contributed by atoms with Crippen LogP contribution >= 0.6 is 11.6 Å². The van der Waals surface area contributed by atoms with Gasteiger partial charge in [0.2, 0.25) is 5.75 Å². The second-order valence-electron chi connectivity index (χ2n) is 5.35. The van der Waals surface area contributed by atoms with Crippen molar-refractivity contribution in [3.8, 4) is 40.1 Å². The van der Waals surface area contributed by atoms with E-state index in [1.54, 1.807) is 34.6 Å². The fraction of sp³-hybridized carbons (Fsp3) is 0.211. The molecule has 0 aliphatic carbocycles. The number of nitrogens with zero attached hydrogens (tertiary/aromatic N) is 2. The molecule has 1 aromatic heterocycles.